The Morgan fingerprint density at radius 3 is 2.44 bits per heavy atom. The van der Waals surface area contributed by atoms with Gasteiger partial charge in [0.25, 0.3) is 0 Å². The Bertz CT molecular complexity index is 1500. The molecule has 3 N–H and O–H groups in total. The summed E-state index contributed by atoms with van der Waals surface area (Å²) in [4.78, 5) is 28.3. The number of alkyl carbamates (subject to hydrolysis) is 1. The van der Waals surface area contributed by atoms with Crippen LogP contribution >= 0.6 is 23.2 Å². The van der Waals surface area contributed by atoms with E-state index in [1.165, 1.54) is 6.08 Å². The van der Waals surface area contributed by atoms with E-state index in [0.717, 1.165) is 16.9 Å². The zero-order valence-electron chi connectivity index (χ0n) is 28.2. The lowest BCUT2D eigenvalue weighted by Crippen LogP contribution is -2.48. The van der Waals surface area contributed by atoms with Crippen molar-refractivity contribution in [3.05, 3.63) is 88.0 Å². The molecule has 1 aromatic heterocycles. The minimum Gasteiger partial charge on any atom is -0.493 e. The number of carboxylic acid groups (broad SMARTS) is 1. The predicted octanol–water partition coefficient (Wildman–Crippen LogP) is 8.37. The van der Waals surface area contributed by atoms with Crippen LogP contribution in [-0.2, 0) is 22.0 Å². The molecule has 3 rings (SSSR count). The Labute approximate surface area is 293 Å². The molecule has 0 bridgehead atoms. The van der Waals surface area contributed by atoms with E-state index in [4.69, 9.17) is 51.7 Å². The van der Waals surface area contributed by atoms with Crippen LogP contribution in [0.2, 0.25) is 28.2 Å². The van der Waals surface area contributed by atoms with Crippen LogP contribution in [0, 0.1) is 0 Å². The van der Waals surface area contributed by atoms with Crippen LogP contribution in [0.25, 0.3) is 0 Å². The first-order valence-corrected chi connectivity index (χ1v) is 19.5. The highest BCUT2D eigenvalue weighted by molar-refractivity contribution is 6.74. The van der Waals surface area contributed by atoms with Gasteiger partial charge < -0.3 is 34.2 Å². The second kappa shape index (κ2) is 18.3. The van der Waals surface area contributed by atoms with Crippen molar-refractivity contribution in [3.8, 4) is 5.75 Å². The van der Waals surface area contributed by atoms with Gasteiger partial charge in [-0.2, -0.15) is 4.98 Å². The Kier molecular flexibility index (Phi) is 14.8. The second-order valence-corrected chi connectivity index (χ2v) is 18.4. The molecule has 0 aliphatic rings. The van der Waals surface area contributed by atoms with Gasteiger partial charge in [-0.25, -0.2) is 9.59 Å². The summed E-state index contributed by atoms with van der Waals surface area (Å²) in [6.45, 7) is 15.0. The van der Waals surface area contributed by atoms with E-state index in [-0.39, 0.29) is 18.2 Å². The number of halogens is 2. The summed E-state index contributed by atoms with van der Waals surface area (Å²) in [6, 6.07) is 12.6. The number of benzene rings is 2. The van der Waals surface area contributed by atoms with E-state index >= 15 is 0 Å². The van der Waals surface area contributed by atoms with E-state index in [1.807, 2.05) is 36.4 Å². The molecule has 1 heterocycles. The van der Waals surface area contributed by atoms with Gasteiger partial charge >= 0.3 is 12.2 Å². The first-order valence-electron chi connectivity index (χ1n) is 15.9. The number of carbonyl (C=O) groups excluding carboxylic acids is 1. The number of nitrogens with one attached hydrogen (secondary N) is 2. The molecule has 0 saturated heterocycles. The Morgan fingerprint density at radius 2 is 1.79 bits per heavy atom. The van der Waals surface area contributed by atoms with Crippen molar-refractivity contribution >= 4 is 43.7 Å². The average molecular weight is 722 g/mol. The van der Waals surface area contributed by atoms with Gasteiger partial charge in [0, 0.05) is 13.0 Å². The predicted molar refractivity (Wildman–Crippen MR) is 189 cm³/mol. The number of hydrogen-bond donors (Lipinski definition) is 3. The van der Waals surface area contributed by atoms with Gasteiger partial charge in [-0.05, 0) is 72.8 Å². The summed E-state index contributed by atoms with van der Waals surface area (Å²) in [5.74, 6) is 1.43. The largest absolute Gasteiger partial charge is 0.493 e. The lowest BCUT2D eigenvalue weighted by atomic mass is 10.0. The maximum atomic E-state index is 12.7. The summed E-state index contributed by atoms with van der Waals surface area (Å²) in [6.07, 6.45) is 1.71. The van der Waals surface area contributed by atoms with E-state index in [0.29, 0.717) is 60.5 Å². The molecular formula is C34H46Cl2N4O7Si. The molecule has 0 radical (unpaired) electrons. The molecule has 2 unspecified atom stereocenters. The van der Waals surface area contributed by atoms with Crippen molar-refractivity contribution in [2.75, 3.05) is 19.8 Å². The van der Waals surface area contributed by atoms with Gasteiger partial charge in [-0.15, -0.1) is 0 Å². The summed E-state index contributed by atoms with van der Waals surface area (Å²) >= 11 is 12.1. The summed E-state index contributed by atoms with van der Waals surface area (Å²) in [5, 5.41) is 19.4. The maximum absolute atomic E-state index is 12.7. The highest BCUT2D eigenvalue weighted by Crippen LogP contribution is 2.40. The molecule has 0 spiro atoms. The SMILES string of the molecule is C=CCOC(=O)NC(CCCCNC(=O)O)C(O[Si](C)(C)C(C)(C)C)c1noc(Cc2ccc(OCCc3ccc(Cl)c(Cl)c3)cc2)n1. The molecule has 2 amide bonds. The van der Waals surface area contributed by atoms with Crippen LogP contribution in [-0.4, -0.2) is 61.6 Å². The highest BCUT2D eigenvalue weighted by Gasteiger charge is 2.43. The topological polar surface area (TPSA) is 145 Å². The van der Waals surface area contributed by atoms with Crippen LogP contribution in [0.1, 0.15) is 69.0 Å². The average Bonchev–Trinajstić information content (AvgIpc) is 3.48. The molecule has 262 valence electrons. The zero-order valence-corrected chi connectivity index (χ0v) is 30.7. The standard InChI is InChI=1S/C34H46Cl2N4O7Si/c1-7-19-45-33(43)38-28(10-8-9-18-37-32(41)42)30(47-48(5,6)34(2,3)4)31-39-29(46-40-31)22-23-11-14-25(15-12-23)44-20-17-24-13-16-26(35)27(36)21-24/h7,11-16,21,28,30,37H,1,8-10,17-20,22H2,2-6H3,(H,38,43)(H,41,42). The smallest absolute Gasteiger partial charge is 0.407 e. The third-order valence-electron chi connectivity index (χ3n) is 8.11. The van der Waals surface area contributed by atoms with Crippen molar-refractivity contribution in [1.82, 2.24) is 20.8 Å². The van der Waals surface area contributed by atoms with E-state index in [9.17, 15) is 9.59 Å². The normalized spacial score (nSPS) is 13.0. The van der Waals surface area contributed by atoms with Crippen LogP contribution in [0.3, 0.4) is 0 Å². The van der Waals surface area contributed by atoms with E-state index in [1.54, 1.807) is 6.07 Å². The first kappa shape index (κ1) is 38.9. The molecule has 2 aromatic carbocycles. The Balaban J connectivity index is 1.75. The number of aromatic nitrogens is 2. The second-order valence-electron chi connectivity index (χ2n) is 12.9. The van der Waals surface area contributed by atoms with E-state index < -0.39 is 32.6 Å². The highest BCUT2D eigenvalue weighted by atomic mass is 35.5. The fourth-order valence-corrected chi connectivity index (χ4v) is 6.01. The fourth-order valence-electron chi connectivity index (χ4n) is 4.44. The summed E-state index contributed by atoms with van der Waals surface area (Å²) in [5.41, 5.74) is 1.97. The fraction of sp³-hybridized carbons (Fsp3) is 0.471. The molecule has 0 saturated carbocycles. The summed E-state index contributed by atoms with van der Waals surface area (Å²) in [7, 11) is -2.42. The Morgan fingerprint density at radius 1 is 1.08 bits per heavy atom. The van der Waals surface area contributed by atoms with Crippen LogP contribution in [0.5, 0.6) is 5.75 Å². The number of nitrogens with zero attached hydrogens (tertiary/aromatic N) is 2. The molecular weight excluding hydrogens is 675 g/mol. The molecule has 0 aliphatic carbocycles. The minimum atomic E-state index is -2.42. The molecule has 11 nitrogen and oxygen atoms in total. The number of ether oxygens (including phenoxy) is 2. The number of unbranched alkanes of at least 4 members (excludes halogenated alkanes) is 1. The van der Waals surface area contributed by atoms with Gasteiger partial charge in [-0.1, -0.05) is 80.0 Å². The first-order chi connectivity index (χ1) is 22.7. The monoisotopic (exact) mass is 720 g/mol. The van der Waals surface area contributed by atoms with Gasteiger partial charge in [0.15, 0.2) is 8.32 Å². The van der Waals surface area contributed by atoms with Crippen molar-refractivity contribution in [1.29, 1.82) is 0 Å². The van der Waals surface area contributed by atoms with Crippen molar-refractivity contribution in [2.24, 2.45) is 0 Å². The molecule has 14 heteroatoms. The lowest BCUT2D eigenvalue weighted by molar-refractivity contribution is 0.104. The van der Waals surface area contributed by atoms with Crippen LogP contribution < -0.4 is 15.4 Å². The molecule has 3 aromatic rings. The molecule has 0 aliphatic heterocycles. The number of hydrogen-bond acceptors (Lipinski definition) is 8. The van der Waals surface area contributed by atoms with Crippen LogP contribution in [0.4, 0.5) is 9.59 Å². The van der Waals surface area contributed by atoms with Crippen LogP contribution in [0.15, 0.2) is 59.6 Å². The van der Waals surface area contributed by atoms with Crippen molar-refractivity contribution < 1.29 is 33.1 Å². The van der Waals surface area contributed by atoms with Gasteiger partial charge in [0.2, 0.25) is 11.7 Å². The van der Waals surface area contributed by atoms with E-state index in [2.05, 4.69) is 56.2 Å². The third-order valence-corrected chi connectivity index (χ3v) is 13.3. The van der Waals surface area contributed by atoms with Gasteiger partial charge in [0.05, 0.1) is 29.1 Å². The minimum absolute atomic E-state index is 0.0439. The third kappa shape index (κ3) is 12.5. The van der Waals surface area contributed by atoms with Crippen molar-refractivity contribution in [3.63, 3.8) is 0 Å². The molecule has 2 atom stereocenters. The lowest BCUT2D eigenvalue weighted by Gasteiger charge is -2.40. The van der Waals surface area contributed by atoms with Gasteiger partial charge in [-0.3, -0.25) is 0 Å². The number of carbonyl (C=O) groups is 2. The molecule has 0 fully saturated rings. The van der Waals surface area contributed by atoms with Gasteiger partial charge in [0.1, 0.15) is 18.5 Å². The zero-order chi connectivity index (χ0) is 35.3. The summed E-state index contributed by atoms with van der Waals surface area (Å²) < 4.78 is 23.7. The maximum Gasteiger partial charge on any atom is 0.407 e. The van der Waals surface area contributed by atoms with Crippen molar-refractivity contribution in [2.45, 2.75) is 83.2 Å². The number of rotatable bonds is 18. The Hall–Kier alpha value is -3.58. The quantitative estimate of drug-likeness (QED) is 0.0670. The molecule has 48 heavy (non-hydrogen) atoms. The number of amides is 2.